The van der Waals surface area contributed by atoms with Crippen molar-refractivity contribution in [1.82, 2.24) is 20.6 Å². The number of rotatable bonds is 11. The minimum absolute atomic E-state index is 0.0626. The van der Waals surface area contributed by atoms with Crippen LogP contribution >= 0.6 is 0 Å². The molecule has 1 aliphatic carbocycles. The van der Waals surface area contributed by atoms with Crippen LogP contribution in [0.4, 0.5) is 11.6 Å². The summed E-state index contributed by atoms with van der Waals surface area (Å²) in [5.74, 6) is 2.58. The van der Waals surface area contributed by atoms with Crippen LogP contribution in [-0.2, 0) is 9.59 Å². The van der Waals surface area contributed by atoms with Crippen LogP contribution in [0.5, 0.6) is 0 Å². The maximum Gasteiger partial charge on any atom is 0.220 e. The molecular formula is C24H34N6O2. The molecule has 0 atom stereocenters. The number of nitrogens with one attached hydrogen (secondary N) is 4. The molecule has 1 aromatic heterocycles. The second-order valence-corrected chi connectivity index (χ2v) is 8.22. The Morgan fingerprint density at radius 2 is 1.50 bits per heavy atom. The maximum atomic E-state index is 12.2. The van der Waals surface area contributed by atoms with Crippen molar-refractivity contribution in [2.24, 2.45) is 5.92 Å². The molecule has 2 aromatic rings. The molecule has 1 heterocycles. The Morgan fingerprint density at radius 3 is 2.12 bits per heavy atom. The lowest BCUT2D eigenvalue weighted by molar-refractivity contribution is -0.122. The Kier molecular flexibility index (Phi) is 9.28. The number of anilines is 2. The van der Waals surface area contributed by atoms with E-state index in [1.54, 1.807) is 0 Å². The molecule has 172 valence electrons. The highest BCUT2D eigenvalue weighted by Crippen LogP contribution is 2.26. The number of carbonyl (C=O) groups is 2. The minimum Gasteiger partial charge on any atom is -0.368 e. The van der Waals surface area contributed by atoms with Crippen molar-refractivity contribution in [2.45, 2.75) is 45.4 Å². The van der Waals surface area contributed by atoms with Gasteiger partial charge < -0.3 is 21.3 Å². The smallest absolute Gasteiger partial charge is 0.220 e. The fraction of sp³-hybridized carbons (Fsp3) is 0.500. The van der Waals surface area contributed by atoms with E-state index >= 15 is 0 Å². The lowest BCUT2D eigenvalue weighted by Crippen LogP contribution is -2.30. The standard InChI is InChI=1S/C24H34N6O2/c1-18(31)25-12-13-26-21-17-22(30-24(29-21)20-10-6-3-7-11-20)27-14-15-28-23(32)16-19-8-4-2-5-9-19/h3,6-7,10-11,17,19H,2,4-5,8-9,12-16H2,1H3,(H,25,31)(H,28,32)(H2,26,27,29,30). The lowest BCUT2D eigenvalue weighted by atomic mass is 9.87. The number of amides is 2. The van der Waals surface area contributed by atoms with E-state index in [4.69, 9.17) is 0 Å². The van der Waals surface area contributed by atoms with Crippen LogP contribution in [0, 0.1) is 5.92 Å². The summed E-state index contributed by atoms with van der Waals surface area (Å²) < 4.78 is 0. The van der Waals surface area contributed by atoms with Gasteiger partial charge in [-0.1, -0.05) is 49.6 Å². The molecule has 0 aliphatic heterocycles. The molecule has 0 spiro atoms. The Hall–Kier alpha value is -3.16. The molecule has 4 N–H and O–H groups in total. The molecule has 1 aromatic carbocycles. The molecule has 2 amide bonds. The van der Waals surface area contributed by atoms with Gasteiger partial charge in [0.25, 0.3) is 0 Å². The van der Waals surface area contributed by atoms with Gasteiger partial charge in [0.1, 0.15) is 11.6 Å². The van der Waals surface area contributed by atoms with Crippen molar-refractivity contribution in [3.05, 3.63) is 36.4 Å². The number of benzene rings is 1. The summed E-state index contributed by atoms with van der Waals surface area (Å²) in [4.78, 5) is 32.5. The number of nitrogens with zero attached hydrogens (tertiary/aromatic N) is 2. The predicted octanol–water partition coefficient (Wildman–Crippen LogP) is 3.19. The lowest BCUT2D eigenvalue weighted by Gasteiger charge is -2.20. The van der Waals surface area contributed by atoms with Gasteiger partial charge in [0.05, 0.1) is 0 Å². The van der Waals surface area contributed by atoms with Crippen molar-refractivity contribution >= 4 is 23.5 Å². The van der Waals surface area contributed by atoms with Crippen molar-refractivity contribution in [2.75, 3.05) is 36.8 Å². The van der Waals surface area contributed by atoms with Crippen LogP contribution in [0.25, 0.3) is 11.4 Å². The zero-order valence-corrected chi connectivity index (χ0v) is 18.8. The van der Waals surface area contributed by atoms with E-state index in [0.717, 1.165) is 5.56 Å². The molecule has 1 saturated carbocycles. The molecule has 8 heteroatoms. The topological polar surface area (TPSA) is 108 Å². The van der Waals surface area contributed by atoms with Crippen LogP contribution in [0.15, 0.2) is 36.4 Å². The van der Waals surface area contributed by atoms with Crippen LogP contribution < -0.4 is 21.3 Å². The first-order valence-electron chi connectivity index (χ1n) is 11.5. The highest BCUT2D eigenvalue weighted by Gasteiger charge is 2.16. The average Bonchev–Trinajstić information content (AvgIpc) is 2.81. The van der Waals surface area contributed by atoms with Crippen molar-refractivity contribution < 1.29 is 9.59 Å². The van der Waals surface area contributed by atoms with Crippen LogP contribution in [-0.4, -0.2) is 48.0 Å². The third-order valence-electron chi connectivity index (χ3n) is 5.52. The highest BCUT2D eigenvalue weighted by atomic mass is 16.2. The van der Waals surface area contributed by atoms with E-state index in [-0.39, 0.29) is 11.8 Å². The van der Waals surface area contributed by atoms with E-state index in [0.29, 0.717) is 56.0 Å². The van der Waals surface area contributed by atoms with Crippen molar-refractivity contribution in [3.8, 4) is 11.4 Å². The Labute approximate surface area is 190 Å². The maximum absolute atomic E-state index is 12.2. The molecule has 3 rings (SSSR count). The molecule has 0 unspecified atom stereocenters. The molecular weight excluding hydrogens is 404 g/mol. The summed E-state index contributed by atoms with van der Waals surface area (Å²) in [5.41, 5.74) is 0.918. The molecule has 1 fully saturated rings. The largest absolute Gasteiger partial charge is 0.368 e. The first-order chi connectivity index (χ1) is 15.6. The SMILES string of the molecule is CC(=O)NCCNc1cc(NCCNC(=O)CC2CCCCC2)nc(-c2ccccc2)n1. The fourth-order valence-electron chi connectivity index (χ4n) is 3.89. The quantitative estimate of drug-likeness (QED) is 0.401. The fourth-order valence-corrected chi connectivity index (χ4v) is 3.89. The average molecular weight is 439 g/mol. The van der Waals surface area contributed by atoms with Gasteiger partial charge in [0, 0.05) is 51.2 Å². The molecule has 32 heavy (non-hydrogen) atoms. The van der Waals surface area contributed by atoms with Crippen LogP contribution in [0.3, 0.4) is 0 Å². The summed E-state index contributed by atoms with van der Waals surface area (Å²) in [6.45, 7) is 3.68. The summed E-state index contributed by atoms with van der Waals surface area (Å²) in [7, 11) is 0. The molecule has 0 bridgehead atoms. The number of aromatic nitrogens is 2. The van der Waals surface area contributed by atoms with Gasteiger partial charge in [-0.25, -0.2) is 9.97 Å². The van der Waals surface area contributed by atoms with E-state index in [1.807, 2.05) is 36.4 Å². The normalized spacial score (nSPS) is 13.9. The number of hydrogen-bond donors (Lipinski definition) is 4. The molecule has 0 saturated heterocycles. The second kappa shape index (κ2) is 12.6. The first-order valence-corrected chi connectivity index (χ1v) is 11.5. The predicted molar refractivity (Wildman–Crippen MR) is 127 cm³/mol. The van der Waals surface area contributed by atoms with Gasteiger partial charge in [0.15, 0.2) is 5.82 Å². The summed E-state index contributed by atoms with van der Waals surface area (Å²) in [6.07, 6.45) is 6.78. The highest BCUT2D eigenvalue weighted by molar-refractivity contribution is 5.76. The summed E-state index contributed by atoms with van der Waals surface area (Å²) >= 11 is 0. The van der Waals surface area contributed by atoms with Crippen molar-refractivity contribution in [1.29, 1.82) is 0 Å². The Bertz CT molecular complexity index is 868. The zero-order valence-electron chi connectivity index (χ0n) is 18.8. The van der Waals surface area contributed by atoms with Gasteiger partial charge >= 0.3 is 0 Å². The Morgan fingerprint density at radius 1 is 0.875 bits per heavy atom. The summed E-state index contributed by atoms with van der Waals surface area (Å²) in [6, 6.07) is 11.6. The van der Waals surface area contributed by atoms with Gasteiger partial charge in [-0.05, 0) is 18.8 Å². The first kappa shape index (κ1) is 23.5. The van der Waals surface area contributed by atoms with E-state index in [1.165, 1.54) is 39.0 Å². The number of carbonyl (C=O) groups excluding carboxylic acids is 2. The van der Waals surface area contributed by atoms with Gasteiger partial charge in [-0.2, -0.15) is 0 Å². The van der Waals surface area contributed by atoms with Gasteiger partial charge in [-0.3, -0.25) is 9.59 Å². The van der Waals surface area contributed by atoms with Gasteiger partial charge in [-0.15, -0.1) is 0 Å². The van der Waals surface area contributed by atoms with E-state index < -0.39 is 0 Å². The Balaban J connectivity index is 1.53. The van der Waals surface area contributed by atoms with Gasteiger partial charge in [0.2, 0.25) is 11.8 Å². The monoisotopic (exact) mass is 438 g/mol. The van der Waals surface area contributed by atoms with Crippen LogP contribution in [0.2, 0.25) is 0 Å². The third kappa shape index (κ3) is 8.17. The van der Waals surface area contributed by atoms with E-state index in [2.05, 4.69) is 31.2 Å². The van der Waals surface area contributed by atoms with E-state index in [9.17, 15) is 9.59 Å². The minimum atomic E-state index is -0.0626. The molecule has 8 nitrogen and oxygen atoms in total. The van der Waals surface area contributed by atoms with Crippen molar-refractivity contribution in [3.63, 3.8) is 0 Å². The van der Waals surface area contributed by atoms with Crippen LogP contribution in [0.1, 0.15) is 45.4 Å². The third-order valence-corrected chi connectivity index (χ3v) is 5.52. The molecule has 0 radical (unpaired) electrons. The second-order valence-electron chi connectivity index (χ2n) is 8.22. The zero-order chi connectivity index (χ0) is 22.6. The summed E-state index contributed by atoms with van der Waals surface area (Å²) in [5, 5.41) is 12.3. The number of hydrogen-bond acceptors (Lipinski definition) is 6. The molecule has 1 aliphatic rings.